The third-order valence-electron chi connectivity index (χ3n) is 3.45. The Bertz CT molecular complexity index is 478. The Balaban J connectivity index is 2.07. The van der Waals surface area contributed by atoms with Crippen molar-refractivity contribution in [3.05, 3.63) is 29.8 Å². The molecule has 1 aliphatic rings. The number of methoxy groups -OCH3 is 1. The van der Waals surface area contributed by atoms with Crippen LogP contribution in [-0.2, 0) is 4.74 Å². The minimum atomic E-state index is -0.926. The van der Waals surface area contributed by atoms with Crippen molar-refractivity contribution < 1.29 is 24.5 Å². The Labute approximate surface area is 117 Å². The largest absolute Gasteiger partial charge is 0.497 e. The van der Waals surface area contributed by atoms with E-state index in [4.69, 9.17) is 14.6 Å². The molecule has 1 aromatic carbocycles. The van der Waals surface area contributed by atoms with Crippen LogP contribution in [0.5, 0.6) is 5.75 Å². The second kappa shape index (κ2) is 6.21. The summed E-state index contributed by atoms with van der Waals surface area (Å²) in [6, 6.07) is 6.19. The molecule has 1 aliphatic heterocycles. The van der Waals surface area contributed by atoms with Crippen molar-refractivity contribution in [2.24, 2.45) is 0 Å². The quantitative estimate of drug-likeness (QED) is 0.719. The predicted octanol–water partition coefficient (Wildman–Crippen LogP) is -0.0659. The van der Waals surface area contributed by atoms with Gasteiger partial charge in [-0.25, -0.2) is 0 Å². The fraction of sp³-hybridized carbons (Fsp3) is 0.500. The fourth-order valence-electron chi connectivity index (χ4n) is 2.30. The first-order valence-corrected chi connectivity index (χ1v) is 6.46. The first-order chi connectivity index (χ1) is 9.56. The molecule has 1 aromatic rings. The number of aliphatic hydroxyl groups is 2. The Hall–Kier alpha value is -1.63. The van der Waals surface area contributed by atoms with Crippen LogP contribution in [0.2, 0.25) is 0 Å². The molecule has 1 amide bonds. The smallest absolute Gasteiger partial charge is 0.251 e. The molecule has 0 bridgehead atoms. The van der Waals surface area contributed by atoms with E-state index in [-0.39, 0.29) is 18.6 Å². The average molecular weight is 281 g/mol. The molecule has 1 fully saturated rings. The highest BCUT2D eigenvalue weighted by molar-refractivity contribution is 5.94. The summed E-state index contributed by atoms with van der Waals surface area (Å²) in [6.07, 6.45) is -1.96. The van der Waals surface area contributed by atoms with Gasteiger partial charge in [-0.3, -0.25) is 4.79 Å². The lowest BCUT2D eigenvalue weighted by Crippen LogP contribution is -2.47. The van der Waals surface area contributed by atoms with Gasteiger partial charge in [0.05, 0.1) is 25.9 Å². The molecule has 0 spiro atoms. The molecular formula is C14H19NO5. The van der Waals surface area contributed by atoms with E-state index >= 15 is 0 Å². The van der Waals surface area contributed by atoms with Gasteiger partial charge in [-0.15, -0.1) is 0 Å². The molecule has 4 atom stereocenters. The molecule has 0 aliphatic carbocycles. The highest BCUT2D eigenvalue weighted by Crippen LogP contribution is 2.21. The lowest BCUT2D eigenvalue weighted by atomic mass is 10.0. The average Bonchev–Trinajstić information content (AvgIpc) is 2.74. The number of hydrogen-bond donors (Lipinski definition) is 3. The molecular weight excluding hydrogens is 262 g/mol. The number of benzene rings is 1. The van der Waals surface area contributed by atoms with Crippen LogP contribution in [-0.4, -0.2) is 54.2 Å². The molecule has 0 radical (unpaired) electrons. The number of carbonyl (C=O) groups excluding carboxylic acids is 1. The van der Waals surface area contributed by atoms with Crippen LogP contribution in [0.25, 0.3) is 0 Å². The van der Waals surface area contributed by atoms with Crippen LogP contribution in [0.4, 0.5) is 0 Å². The monoisotopic (exact) mass is 281 g/mol. The van der Waals surface area contributed by atoms with Gasteiger partial charge in [0.2, 0.25) is 0 Å². The third kappa shape index (κ3) is 2.92. The van der Waals surface area contributed by atoms with E-state index in [0.717, 1.165) is 0 Å². The van der Waals surface area contributed by atoms with Crippen LogP contribution in [0.3, 0.4) is 0 Å². The number of ether oxygens (including phenoxy) is 2. The maximum absolute atomic E-state index is 12.2. The molecule has 20 heavy (non-hydrogen) atoms. The zero-order chi connectivity index (χ0) is 14.7. The SMILES string of the molecule is COc1cccc(C(=O)NC2[C@H](C)O[C@H](CO)[C@@H]2O)c1. The Morgan fingerprint density at radius 1 is 1.50 bits per heavy atom. The number of nitrogens with one attached hydrogen (secondary N) is 1. The maximum atomic E-state index is 12.2. The minimum Gasteiger partial charge on any atom is -0.497 e. The Morgan fingerprint density at radius 3 is 2.85 bits per heavy atom. The highest BCUT2D eigenvalue weighted by Gasteiger charge is 2.41. The second-order valence-electron chi connectivity index (χ2n) is 4.78. The van der Waals surface area contributed by atoms with Crippen LogP contribution >= 0.6 is 0 Å². The summed E-state index contributed by atoms with van der Waals surface area (Å²) in [4.78, 5) is 12.2. The fourth-order valence-corrected chi connectivity index (χ4v) is 2.30. The number of hydrogen-bond acceptors (Lipinski definition) is 5. The Morgan fingerprint density at radius 2 is 2.25 bits per heavy atom. The molecule has 6 nitrogen and oxygen atoms in total. The molecule has 0 saturated carbocycles. The third-order valence-corrected chi connectivity index (χ3v) is 3.45. The van der Waals surface area contributed by atoms with Gasteiger partial charge in [0.15, 0.2) is 0 Å². The van der Waals surface area contributed by atoms with Gasteiger partial charge in [0.1, 0.15) is 18.0 Å². The standard InChI is InChI=1S/C14H19NO5/c1-8-12(13(17)11(7-16)20-8)15-14(18)9-4-3-5-10(6-9)19-2/h3-6,8,11-13,16-17H,7H2,1-2H3,(H,15,18)/t8-,11+,12?,13-/m0/s1. The summed E-state index contributed by atoms with van der Waals surface area (Å²) in [7, 11) is 1.53. The lowest BCUT2D eigenvalue weighted by molar-refractivity contribution is -0.0170. The number of amides is 1. The molecule has 3 N–H and O–H groups in total. The summed E-state index contributed by atoms with van der Waals surface area (Å²) in [5.74, 6) is 0.268. The van der Waals surface area contributed by atoms with E-state index in [1.54, 1.807) is 31.2 Å². The zero-order valence-corrected chi connectivity index (χ0v) is 11.4. The number of aliphatic hydroxyl groups excluding tert-OH is 2. The van der Waals surface area contributed by atoms with Gasteiger partial charge in [0, 0.05) is 5.56 Å². The van der Waals surface area contributed by atoms with Crippen molar-refractivity contribution in [1.82, 2.24) is 5.32 Å². The normalized spacial score (nSPS) is 29.2. The van der Waals surface area contributed by atoms with Crippen LogP contribution in [0.1, 0.15) is 17.3 Å². The van der Waals surface area contributed by atoms with Crippen molar-refractivity contribution in [2.75, 3.05) is 13.7 Å². The summed E-state index contributed by atoms with van der Waals surface area (Å²) < 4.78 is 10.4. The van der Waals surface area contributed by atoms with Gasteiger partial charge >= 0.3 is 0 Å². The highest BCUT2D eigenvalue weighted by atomic mass is 16.5. The molecule has 0 aromatic heterocycles. The molecule has 1 unspecified atom stereocenters. The van der Waals surface area contributed by atoms with Gasteiger partial charge in [-0.1, -0.05) is 6.07 Å². The van der Waals surface area contributed by atoms with Gasteiger partial charge in [-0.2, -0.15) is 0 Å². The van der Waals surface area contributed by atoms with Crippen LogP contribution in [0.15, 0.2) is 24.3 Å². The number of carbonyl (C=O) groups is 1. The van der Waals surface area contributed by atoms with Crippen LogP contribution < -0.4 is 10.1 Å². The van der Waals surface area contributed by atoms with Crippen LogP contribution in [0, 0.1) is 0 Å². The molecule has 6 heteroatoms. The van der Waals surface area contributed by atoms with E-state index in [0.29, 0.717) is 11.3 Å². The van der Waals surface area contributed by atoms with E-state index in [2.05, 4.69) is 5.32 Å². The van der Waals surface area contributed by atoms with Gasteiger partial charge < -0.3 is 25.0 Å². The minimum absolute atomic E-state index is 0.281. The van der Waals surface area contributed by atoms with Crippen molar-refractivity contribution in [3.8, 4) is 5.75 Å². The van der Waals surface area contributed by atoms with E-state index in [1.807, 2.05) is 0 Å². The van der Waals surface area contributed by atoms with Gasteiger partial charge in [0.25, 0.3) is 5.91 Å². The molecule has 1 saturated heterocycles. The summed E-state index contributed by atoms with van der Waals surface area (Å²) in [6.45, 7) is 1.46. The van der Waals surface area contributed by atoms with Crippen molar-refractivity contribution in [3.63, 3.8) is 0 Å². The maximum Gasteiger partial charge on any atom is 0.251 e. The van der Waals surface area contributed by atoms with Gasteiger partial charge in [-0.05, 0) is 25.1 Å². The first kappa shape index (κ1) is 14.8. The predicted molar refractivity (Wildman–Crippen MR) is 71.7 cm³/mol. The zero-order valence-electron chi connectivity index (χ0n) is 11.4. The molecule has 2 rings (SSSR count). The van der Waals surface area contributed by atoms with E-state index < -0.39 is 18.2 Å². The topological polar surface area (TPSA) is 88.0 Å². The summed E-state index contributed by atoms with van der Waals surface area (Å²) >= 11 is 0. The second-order valence-corrected chi connectivity index (χ2v) is 4.78. The Kier molecular flexibility index (Phi) is 4.59. The van der Waals surface area contributed by atoms with E-state index in [1.165, 1.54) is 7.11 Å². The lowest BCUT2D eigenvalue weighted by Gasteiger charge is -2.19. The van der Waals surface area contributed by atoms with Crippen molar-refractivity contribution >= 4 is 5.91 Å². The number of rotatable bonds is 4. The first-order valence-electron chi connectivity index (χ1n) is 6.46. The van der Waals surface area contributed by atoms with Crippen molar-refractivity contribution in [1.29, 1.82) is 0 Å². The molecule has 110 valence electrons. The summed E-state index contributed by atoms with van der Waals surface area (Å²) in [5.41, 5.74) is 0.441. The summed E-state index contributed by atoms with van der Waals surface area (Å²) in [5, 5.41) is 21.8. The van der Waals surface area contributed by atoms with E-state index in [9.17, 15) is 9.90 Å². The molecule has 1 heterocycles. The van der Waals surface area contributed by atoms with Crippen molar-refractivity contribution in [2.45, 2.75) is 31.3 Å².